The third kappa shape index (κ3) is 2.76. The Morgan fingerprint density at radius 2 is 1.52 bits per heavy atom. The highest BCUT2D eigenvalue weighted by molar-refractivity contribution is 5.91. The van der Waals surface area contributed by atoms with Gasteiger partial charge in [0.2, 0.25) is 0 Å². The van der Waals surface area contributed by atoms with Gasteiger partial charge in [-0.15, -0.1) is 0 Å². The first-order valence-electron chi connectivity index (χ1n) is 7.14. The summed E-state index contributed by atoms with van der Waals surface area (Å²) in [7, 11) is 0. The molecular weight excluding hydrogens is 258 g/mol. The lowest BCUT2D eigenvalue weighted by Crippen LogP contribution is -1.98. The average molecular weight is 277 g/mol. The van der Waals surface area contributed by atoms with Crippen molar-refractivity contribution in [1.82, 2.24) is 0 Å². The van der Waals surface area contributed by atoms with E-state index in [9.17, 15) is 0 Å². The second kappa shape index (κ2) is 5.58. The number of ether oxygens (including phenoxy) is 1. The van der Waals surface area contributed by atoms with E-state index in [2.05, 4.69) is 44.2 Å². The highest BCUT2D eigenvalue weighted by Crippen LogP contribution is 2.32. The molecule has 0 aliphatic rings. The zero-order chi connectivity index (χ0) is 14.8. The maximum Gasteiger partial charge on any atom is 0.135 e. The van der Waals surface area contributed by atoms with Crippen molar-refractivity contribution in [2.24, 2.45) is 5.73 Å². The van der Waals surface area contributed by atoms with Gasteiger partial charge in [-0.25, -0.2) is 0 Å². The van der Waals surface area contributed by atoms with Gasteiger partial charge in [0.25, 0.3) is 0 Å². The van der Waals surface area contributed by atoms with E-state index >= 15 is 0 Å². The molecule has 0 aromatic heterocycles. The van der Waals surface area contributed by atoms with Crippen LogP contribution in [0.3, 0.4) is 0 Å². The number of benzene rings is 3. The van der Waals surface area contributed by atoms with Gasteiger partial charge < -0.3 is 10.5 Å². The van der Waals surface area contributed by atoms with Crippen LogP contribution >= 0.6 is 0 Å². The van der Waals surface area contributed by atoms with Crippen LogP contribution < -0.4 is 10.5 Å². The molecule has 3 rings (SSSR count). The van der Waals surface area contributed by atoms with Crippen molar-refractivity contribution < 1.29 is 4.74 Å². The molecule has 0 radical (unpaired) electrons. The molecule has 2 heteroatoms. The Balaban J connectivity index is 2.09. The lowest BCUT2D eigenvalue weighted by Gasteiger charge is -2.12. The molecule has 2 nitrogen and oxygen atoms in total. The monoisotopic (exact) mass is 277 g/mol. The molecule has 0 saturated carbocycles. The number of nitrogens with two attached hydrogens (primary N) is 1. The molecule has 0 unspecified atom stereocenters. The normalized spacial score (nSPS) is 10.8. The first-order chi connectivity index (χ1) is 10.2. The molecule has 0 aliphatic carbocycles. The summed E-state index contributed by atoms with van der Waals surface area (Å²) in [5.41, 5.74) is 9.36. The third-order valence-corrected chi connectivity index (χ3v) is 3.62. The molecule has 0 fully saturated rings. The second-order valence-electron chi connectivity index (χ2n) is 5.40. The fourth-order valence-corrected chi connectivity index (χ4v) is 2.72. The van der Waals surface area contributed by atoms with Crippen molar-refractivity contribution >= 4 is 10.8 Å². The molecule has 3 aromatic carbocycles. The number of aryl methyl sites for hydroxylation is 2. The summed E-state index contributed by atoms with van der Waals surface area (Å²) >= 11 is 0. The molecule has 0 amide bonds. The molecule has 0 saturated heterocycles. The maximum atomic E-state index is 6.11. The second-order valence-corrected chi connectivity index (χ2v) is 5.40. The van der Waals surface area contributed by atoms with Crippen LogP contribution in [-0.4, -0.2) is 0 Å². The minimum absolute atomic E-state index is 0.532. The van der Waals surface area contributed by atoms with Crippen molar-refractivity contribution in [3.8, 4) is 11.5 Å². The first kappa shape index (κ1) is 13.7. The van der Waals surface area contributed by atoms with Crippen LogP contribution in [0, 0.1) is 13.8 Å². The molecule has 0 atom stereocenters. The molecule has 2 N–H and O–H groups in total. The minimum Gasteiger partial charge on any atom is -0.457 e. The van der Waals surface area contributed by atoms with Crippen LogP contribution in [0.15, 0.2) is 54.6 Å². The van der Waals surface area contributed by atoms with E-state index in [1.165, 1.54) is 11.1 Å². The molecule has 0 spiro atoms. The van der Waals surface area contributed by atoms with E-state index < -0.39 is 0 Å². The molecule has 106 valence electrons. The average Bonchev–Trinajstić information content (AvgIpc) is 2.46. The molecule has 0 bridgehead atoms. The fraction of sp³-hybridized carbons (Fsp3) is 0.158. The predicted octanol–water partition coefficient (Wildman–Crippen LogP) is 4.71. The quantitative estimate of drug-likeness (QED) is 0.752. The van der Waals surface area contributed by atoms with Crippen LogP contribution in [-0.2, 0) is 6.54 Å². The molecular formula is C19H19NO. The topological polar surface area (TPSA) is 35.2 Å². The van der Waals surface area contributed by atoms with Crippen LogP contribution in [0.1, 0.15) is 16.7 Å². The summed E-state index contributed by atoms with van der Waals surface area (Å²) in [4.78, 5) is 0. The number of rotatable bonds is 3. The lowest BCUT2D eigenvalue weighted by molar-refractivity contribution is 0.487. The van der Waals surface area contributed by atoms with Gasteiger partial charge in [0.15, 0.2) is 0 Å². The zero-order valence-corrected chi connectivity index (χ0v) is 12.4. The van der Waals surface area contributed by atoms with Crippen molar-refractivity contribution in [2.45, 2.75) is 20.4 Å². The molecule has 21 heavy (non-hydrogen) atoms. The summed E-state index contributed by atoms with van der Waals surface area (Å²) in [6.45, 7) is 4.69. The third-order valence-electron chi connectivity index (χ3n) is 3.62. The fourth-order valence-electron chi connectivity index (χ4n) is 2.72. The summed E-state index contributed by atoms with van der Waals surface area (Å²) in [5.74, 6) is 1.74. The lowest BCUT2D eigenvalue weighted by atomic mass is 10.0. The van der Waals surface area contributed by atoms with Crippen LogP contribution in [0.5, 0.6) is 11.5 Å². The summed E-state index contributed by atoms with van der Waals surface area (Å²) in [6, 6.07) is 18.5. The van der Waals surface area contributed by atoms with Crippen molar-refractivity contribution in [3.63, 3.8) is 0 Å². The minimum atomic E-state index is 0.532. The Morgan fingerprint density at radius 3 is 2.19 bits per heavy atom. The van der Waals surface area contributed by atoms with Gasteiger partial charge in [-0.05, 0) is 54.1 Å². The SMILES string of the molecule is Cc1cc(C)cc(Oc2ccc(CN)c3ccccc23)c1. The van der Waals surface area contributed by atoms with Crippen LogP contribution in [0.4, 0.5) is 0 Å². The van der Waals surface area contributed by atoms with Gasteiger partial charge in [0.05, 0.1) is 0 Å². The smallest absolute Gasteiger partial charge is 0.135 e. The Hall–Kier alpha value is -2.32. The maximum absolute atomic E-state index is 6.11. The van der Waals surface area contributed by atoms with Crippen LogP contribution in [0.2, 0.25) is 0 Å². The van der Waals surface area contributed by atoms with E-state index in [4.69, 9.17) is 10.5 Å². The van der Waals surface area contributed by atoms with Gasteiger partial charge in [0.1, 0.15) is 11.5 Å². The number of hydrogen-bond donors (Lipinski definition) is 1. The van der Waals surface area contributed by atoms with Gasteiger partial charge in [-0.2, -0.15) is 0 Å². The van der Waals surface area contributed by atoms with Crippen molar-refractivity contribution in [1.29, 1.82) is 0 Å². The number of hydrogen-bond acceptors (Lipinski definition) is 2. The summed E-state index contributed by atoms with van der Waals surface area (Å²) in [6.07, 6.45) is 0. The highest BCUT2D eigenvalue weighted by atomic mass is 16.5. The first-order valence-corrected chi connectivity index (χ1v) is 7.14. The summed E-state index contributed by atoms with van der Waals surface area (Å²) in [5, 5.41) is 2.25. The predicted molar refractivity (Wildman–Crippen MR) is 87.8 cm³/mol. The molecule has 0 aliphatic heterocycles. The van der Waals surface area contributed by atoms with E-state index in [0.717, 1.165) is 27.8 Å². The van der Waals surface area contributed by atoms with Gasteiger partial charge in [-0.3, -0.25) is 0 Å². The zero-order valence-electron chi connectivity index (χ0n) is 12.4. The van der Waals surface area contributed by atoms with Gasteiger partial charge in [0, 0.05) is 11.9 Å². The largest absolute Gasteiger partial charge is 0.457 e. The van der Waals surface area contributed by atoms with E-state index in [0.29, 0.717) is 6.54 Å². The Kier molecular flexibility index (Phi) is 3.63. The standard InChI is InChI=1S/C19H19NO/c1-13-9-14(2)11-16(10-13)21-19-8-7-15(12-20)17-5-3-4-6-18(17)19/h3-11H,12,20H2,1-2H3. The number of fused-ring (bicyclic) bond motifs is 1. The van der Waals surface area contributed by atoms with Gasteiger partial charge in [-0.1, -0.05) is 36.4 Å². The van der Waals surface area contributed by atoms with Crippen molar-refractivity contribution in [2.75, 3.05) is 0 Å². The molecule has 0 heterocycles. The van der Waals surface area contributed by atoms with E-state index in [-0.39, 0.29) is 0 Å². The Morgan fingerprint density at radius 1 is 0.857 bits per heavy atom. The Bertz CT molecular complexity index is 772. The van der Waals surface area contributed by atoms with Gasteiger partial charge >= 0.3 is 0 Å². The van der Waals surface area contributed by atoms with Crippen LogP contribution in [0.25, 0.3) is 10.8 Å². The van der Waals surface area contributed by atoms with E-state index in [1.807, 2.05) is 24.3 Å². The van der Waals surface area contributed by atoms with Crippen molar-refractivity contribution in [3.05, 3.63) is 71.3 Å². The summed E-state index contributed by atoms with van der Waals surface area (Å²) < 4.78 is 6.11. The Labute approximate surface area is 125 Å². The van der Waals surface area contributed by atoms with E-state index in [1.54, 1.807) is 0 Å². The highest BCUT2D eigenvalue weighted by Gasteiger charge is 2.07. The molecule has 3 aromatic rings.